The molecule has 5 nitrogen and oxygen atoms in total. The molecule has 128 valence electrons. The van der Waals surface area contributed by atoms with Gasteiger partial charge in [0.05, 0.1) is 17.4 Å². The molecular weight excluding hydrogens is 336 g/mol. The van der Waals surface area contributed by atoms with Crippen molar-refractivity contribution in [2.75, 3.05) is 25.0 Å². The number of likely N-dealkylation sites (N-methyl/N-ethyl adjacent to an activating group) is 1. The van der Waals surface area contributed by atoms with Gasteiger partial charge in [0.1, 0.15) is 0 Å². The fraction of sp³-hybridized carbons (Fsp3) is 0.158. The van der Waals surface area contributed by atoms with Crippen LogP contribution in [0.15, 0.2) is 67.0 Å². The summed E-state index contributed by atoms with van der Waals surface area (Å²) in [5.41, 5.74) is 2.50. The number of halogens is 1. The van der Waals surface area contributed by atoms with Crippen molar-refractivity contribution in [3.05, 3.63) is 77.6 Å². The number of amides is 1. The molecule has 0 aliphatic heterocycles. The van der Waals surface area contributed by atoms with Gasteiger partial charge in [-0.2, -0.15) is 5.10 Å². The zero-order valence-corrected chi connectivity index (χ0v) is 14.6. The standard InChI is InChI=1S/C19H19ClN4O/c1-23(17-5-3-2-4-6-17)12-11-21-19(25)15-13-22-24(14-15)18-9-7-16(20)8-10-18/h2-10,13-14H,11-12H2,1H3,(H,21,25). The topological polar surface area (TPSA) is 50.2 Å². The summed E-state index contributed by atoms with van der Waals surface area (Å²) in [4.78, 5) is 14.4. The molecule has 0 bridgehead atoms. The van der Waals surface area contributed by atoms with Crippen molar-refractivity contribution in [2.24, 2.45) is 0 Å². The van der Waals surface area contributed by atoms with E-state index in [9.17, 15) is 4.79 Å². The van der Waals surface area contributed by atoms with E-state index in [1.807, 2.05) is 49.5 Å². The molecule has 0 saturated heterocycles. The first-order valence-electron chi connectivity index (χ1n) is 7.98. The molecule has 0 unspecified atom stereocenters. The lowest BCUT2D eigenvalue weighted by Crippen LogP contribution is -2.32. The fourth-order valence-electron chi connectivity index (χ4n) is 2.43. The van der Waals surface area contributed by atoms with Crippen molar-refractivity contribution < 1.29 is 4.79 Å². The van der Waals surface area contributed by atoms with Crippen LogP contribution >= 0.6 is 11.6 Å². The van der Waals surface area contributed by atoms with Crippen molar-refractivity contribution in [2.45, 2.75) is 0 Å². The number of rotatable bonds is 6. The van der Waals surface area contributed by atoms with Crippen LogP contribution in [0.2, 0.25) is 5.02 Å². The van der Waals surface area contributed by atoms with Crippen molar-refractivity contribution >= 4 is 23.2 Å². The number of nitrogens with one attached hydrogen (secondary N) is 1. The van der Waals surface area contributed by atoms with Gasteiger partial charge in [-0.15, -0.1) is 0 Å². The maximum absolute atomic E-state index is 12.3. The van der Waals surface area contributed by atoms with Crippen LogP contribution in [-0.4, -0.2) is 35.8 Å². The van der Waals surface area contributed by atoms with E-state index in [4.69, 9.17) is 11.6 Å². The summed E-state index contributed by atoms with van der Waals surface area (Å²) in [5.74, 6) is -0.137. The van der Waals surface area contributed by atoms with Crippen LogP contribution in [0.5, 0.6) is 0 Å². The minimum Gasteiger partial charge on any atom is -0.373 e. The van der Waals surface area contributed by atoms with Crippen molar-refractivity contribution in [3.63, 3.8) is 0 Å². The molecule has 0 spiro atoms. The second kappa shape index (κ2) is 7.85. The van der Waals surface area contributed by atoms with Gasteiger partial charge in [0.25, 0.3) is 5.91 Å². The van der Waals surface area contributed by atoms with Crippen molar-refractivity contribution in [1.82, 2.24) is 15.1 Å². The van der Waals surface area contributed by atoms with E-state index in [0.29, 0.717) is 17.1 Å². The lowest BCUT2D eigenvalue weighted by Gasteiger charge is -2.19. The fourth-order valence-corrected chi connectivity index (χ4v) is 2.55. The Morgan fingerprint density at radius 2 is 1.88 bits per heavy atom. The number of carbonyl (C=O) groups is 1. The van der Waals surface area contributed by atoms with E-state index in [1.165, 1.54) is 0 Å². The van der Waals surface area contributed by atoms with Gasteiger partial charge < -0.3 is 10.2 Å². The molecule has 0 atom stereocenters. The summed E-state index contributed by atoms with van der Waals surface area (Å²) < 4.78 is 1.65. The molecule has 6 heteroatoms. The summed E-state index contributed by atoms with van der Waals surface area (Å²) in [5, 5.41) is 7.81. The molecule has 1 aromatic heterocycles. The van der Waals surface area contributed by atoms with Gasteiger partial charge in [0.15, 0.2) is 0 Å². The zero-order valence-electron chi connectivity index (χ0n) is 13.9. The van der Waals surface area contributed by atoms with Crippen LogP contribution in [0.3, 0.4) is 0 Å². The Kier molecular flexibility index (Phi) is 5.36. The van der Waals surface area contributed by atoms with Gasteiger partial charge in [0.2, 0.25) is 0 Å². The molecule has 0 fully saturated rings. The molecule has 2 aromatic carbocycles. The molecule has 0 aliphatic rings. The SMILES string of the molecule is CN(CCNC(=O)c1cnn(-c2ccc(Cl)cc2)c1)c1ccccc1. The molecular formula is C19H19ClN4O. The first kappa shape index (κ1) is 17.0. The summed E-state index contributed by atoms with van der Waals surface area (Å²) in [6.45, 7) is 1.28. The second-order valence-electron chi connectivity index (χ2n) is 5.66. The predicted octanol–water partition coefficient (Wildman–Crippen LogP) is 3.39. The number of nitrogens with zero attached hydrogens (tertiary/aromatic N) is 3. The number of aromatic nitrogens is 2. The van der Waals surface area contributed by atoms with E-state index in [-0.39, 0.29) is 5.91 Å². The second-order valence-corrected chi connectivity index (χ2v) is 6.10. The quantitative estimate of drug-likeness (QED) is 0.738. The predicted molar refractivity (Wildman–Crippen MR) is 101 cm³/mol. The molecule has 1 heterocycles. The highest BCUT2D eigenvalue weighted by atomic mass is 35.5. The molecule has 0 aliphatic carbocycles. The van der Waals surface area contributed by atoms with Gasteiger partial charge in [0, 0.05) is 37.0 Å². The van der Waals surface area contributed by atoms with Crippen molar-refractivity contribution in [3.8, 4) is 5.69 Å². The van der Waals surface area contributed by atoms with E-state index < -0.39 is 0 Å². The Labute approximate surface area is 151 Å². The first-order chi connectivity index (χ1) is 12.1. The van der Waals surface area contributed by atoms with Crippen LogP contribution in [0.4, 0.5) is 5.69 Å². The van der Waals surface area contributed by atoms with Gasteiger partial charge >= 0.3 is 0 Å². The summed E-state index contributed by atoms with van der Waals surface area (Å²) in [7, 11) is 2.00. The highest BCUT2D eigenvalue weighted by Gasteiger charge is 2.09. The first-order valence-corrected chi connectivity index (χ1v) is 8.36. The van der Waals surface area contributed by atoms with Gasteiger partial charge in [-0.3, -0.25) is 4.79 Å². The average molecular weight is 355 g/mol. The summed E-state index contributed by atoms with van der Waals surface area (Å²) in [6, 6.07) is 17.3. The number of anilines is 1. The minimum atomic E-state index is -0.137. The molecule has 3 rings (SSSR count). The third-order valence-electron chi connectivity index (χ3n) is 3.87. The lowest BCUT2D eigenvalue weighted by atomic mass is 10.3. The van der Waals surface area contributed by atoms with Crippen LogP contribution in [0.1, 0.15) is 10.4 Å². The van der Waals surface area contributed by atoms with Gasteiger partial charge in [-0.25, -0.2) is 4.68 Å². The highest BCUT2D eigenvalue weighted by molar-refractivity contribution is 6.30. The van der Waals surface area contributed by atoms with Crippen LogP contribution in [-0.2, 0) is 0 Å². The van der Waals surface area contributed by atoms with Crippen LogP contribution in [0.25, 0.3) is 5.69 Å². The number of para-hydroxylation sites is 1. The maximum Gasteiger partial charge on any atom is 0.254 e. The smallest absolute Gasteiger partial charge is 0.254 e. The third kappa shape index (κ3) is 4.39. The molecule has 25 heavy (non-hydrogen) atoms. The van der Waals surface area contributed by atoms with Crippen molar-refractivity contribution in [1.29, 1.82) is 0 Å². The highest BCUT2D eigenvalue weighted by Crippen LogP contribution is 2.13. The van der Waals surface area contributed by atoms with E-state index in [2.05, 4.69) is 15.3 Å². The van der Waals surface area contributed by atoms with Crippen LogP contribution < -0.4 is 10.2 Å². The molecule has 1 N–H and O–H groups in total. The Morgan fingerprint density at radius 3 is 2.60 bits per heavy atom. The van der Waals surface area contributed by atoms with E-state index in [0.717, 1.165) is 17.9 Å². The average Bonchev–Trinajstić information content (AvgIpc) is 3.13. The molecule has 1 amide bonds. The Morgan fingerprint density at radius 1 is 1.16 bits per heavy atom. The lowest BCUT2D eigenvalue weighted by molar-refractivity contribution is 0.0954. The maximum atomic E-state index is 12.3. The molecule has 0 radical (unpaired) electrons. The largest absolute Gasteiger partial charge is 0.373 e. The Hall–Kier alpha value is -2.79. The number of hydrogen-bond acceptors (Lipinski definition) is 3. The Balaban J connectivity index is 1.54. The monoisotopic (exact) mass is 354 g/mol. The normalized spacial score (nSPS) is 10.5. The number of hydrogen-bond donors (Lipinski definition) is 1. The number of benzene rings is 2. The van der Waals surface area contributed by atoms with Gasteiger partial charge in [-0.05, 0) is 36.4 Å². The summed E-state index contributed by atoms with van der Waals surface area (Å²) in [6.07, 6.45) is 3.27. The zero-order chi connectivity index (χ0) is 17.6. The molecule has 3 aromatic rings. The van der Waals surface area contributed by atoms with Crippen LogP contribution in [0, 0.1) is 0 Å². The summed E-state index contributed by atoms with van der Waals surface area (Å²) >= 11 is 5.88. The molecule has 0 saturated carbocycles. The van der Waals surface area contributed by atoms with Gasteiger partial charge in [-0.1, -0.05) is 29.8 Å². The van der Waals surface area contributed by atoms with E-state index >= 15 is 0 Å². The van der Waals surface area contributed by atoms with E-state index in [1.54, 1.807) is 29.2 Å². The number of carbonyl (C=O) groups excluding carboxylic acids is 1. The third-order valence-corrected chi connectivity index (χ3v) is 4.12. The minimum absolute atomic E-state index is 0.137. The Bertz CT molecular complexity index is 830.